The van der Waals surface area contributed by atoms with Crippen molar-refractivity contribution in [3.63, 3.8) is 0 Å². The van der Waals surface area contributed by atoms with Gasteiger partial charge in [-0.3, -0.25) is 4.79 Å². The van der Waals surface area contributed by atoms with Gasteiger partial charge in [-0.05, 0) is 36.1 Å². The highest BCUT2D eigenvalue weighted by Crippen LogP contribution is 2.34. The van der Waals surface area contributed by atoms with E-state index in [1.807, 2.05) is 18.4 Å². The molecule has 0 unspecified atom stereocenters. The number of carbonyl (C=O) groups is 1. The van der Waals surface area contributed by atoms with E-state index >= 15 is 0 Å². The number of nitrogens with two attached hydrogens (primary N) is 1. The Morgan fingerprint density at radius 2 is 2.07 bits per heavy atom. The average Bonchev–Trinajstić information content (AvgIpc) is 3.37. The molecular weight excluding hydrogens is 382 g/mol. The SMILES string of the molecule is Cc1ccsc1-c1nc(C(N)=O)c2[nH]c(=O)n(-c3ccc4c(c3)OCO4)c2n1. The normalized spacial score (nSPS) is 12.6. The van der Waals surface area contributed by atoms with Crippen LogP contribution < -0.4 is 20.9 Å². The Morgan fingerprint density at radius 3 is 2.82 bits per heavy atom. The summed E-state index contributed by atoms with van der Waals surface area (Å²) in [4.78, 5) is 37.0. The Hall–Kier alpha value is -3.66. The van der Waals surface area contributed by atoms with E-state index in [0.717, 1.165) is 10.4 Å². The zero-order valence-corrected chi connectivity index (χ0v) is 15.4. The van der Waals surface area contributed by atoms with Crippen LogP contribution in [0.25, 0.3) is 27.6 Å². The first-order chi connectivity index (χ1) is 13.5. The average molecular weight is 395 g/mol. The molecule has 0 radical (unpaired) electrons. The molecule has 9 nitrogen and oxygen atoms in total. The number of aryl methyl sites for hydroxylation is 1. The highest BCUT2D eigenvalue weighted by atomic mass is 32.1. The summed E-state index contributed by atoms with van der Waals surface area (Å²) in [5.41, 5.74) is 6.94. The zero-order valence-electron chi connectivity index (χ0n) is 14.6. The molecule has 1 aliphatic heterocycles. The van der Waals surface area contributed by atoms with Crippen molar-refractivity contribution < 1.29 is 14.3 Å². The van der Waals surface area contributed by atoms with Gasteiger partial charge in [0.1, 0.15) is 5.52 Å². The highest BCUT2D eigenvalue weighted by Gasteiger charge is 2.22. The minimum atomic E-state index is -0.748. The summed E-state index contributed by atoms with van der Waals surface area (Å²) in [6.07, 6.45) is 0. The second-order valence-corrected chi connectivity index (χ2v) is 7.11. The maximum atomic E-state index is 12.7. The van der Waals surface area contributed by atoms with Crippen molar-refractivity contribution in [2.24, 2.45) is 5.73 Å². The molecule has 5 rings (SSSR count). The van der Waals surface area contributed by atoms with Crippen LogP contribution in [-0.4, -0.2) is 32.2 Å². The monoisotopic (exact) mass is 395 g/mol. The summed E-state index contributed by atoms with van der Waals surface area (Å²) in [6.45, 7) is 2.04. The number of hydrogen-bond acceptors (Lipinski definition) is 7. The molecule has 0 saturated heterocycles. The van der Waals surface area contributed by atoms with Gasteiger partial charge in [-0.15, -0.1) is 11.3 Å². The van der Waals surface area contributed by atoms with Crippen molar-refractivity contribution in [1.29, 1.82) is 0 Å². The number of aromatic nitrogens is 4. The van der Waals surface area contributed by atoms with Gasteiger partial charge in [0.2, 0.25) is 6.79 Å². The number of benzene rings is 1. The standard InChI is InChI=1S/C18H13N5O4S/c1-8-4-5-28-14(8)16-20-12(15(19)24)13-17(22-16)23(18(25)21-13)9-2-3-10-11(6-9)27-7-26-10/h2-6H,7H2,1H3,(H2,19,24)(H,21,25). The lowest BCUT2D eigenvalue weighted by atomic mass is 10.2. The van der Waals surface area contributed by atoms with Crippen molar-refractivity contribution in [2.45, 2.75) is 6.92 Å². The molecule has 4 aromatic rings. The number of imidazole rings is 1. The molecule has 4 heterocycles. The predicted molar refractivity (Wildman–Crippen MR) is 102 cm³/mol. The quantitative estimate of drug-likeness (QED) is 0.546. The lowest BCUT2D eigenvalue weighted by Crippen LogP contribution is -2.15. The number of nitrogens with zero attached hydrogens (tertiary/aromatic N) is 3. The number of carbonyl (C=O) groups excluding carboxylic acids is 1. The third-order valence-electron chi connectivity index (χ3n) is 4.45. The summed E-state index contributed by atoms with van der Waals surface area (Å²) >= 11 is 1.45. The number of fused-ring (bicyclic) bond motifs is 2. The predicted octanol–water partition coefficient (Wildman–Crippen LogP) is 1.97. The number of nitrogens with one attached hydrogen (secondary N) is 1. The highest BCUT2D eigenvalue weighted by molar-refractivity contribution is 7.13. The van der Waals surface area contributed by atoms with Crippen LogP contribution in [0.4, 0.5) is 0 Å². The summed E-state index contributed by atoms with van der Waals surface area (Å²) in [7, 11) is 0. The van der Waals surface area contributed by atoms with Gasteiger partial charge in [0.05, 0.1) is 10.6 Å². The fourth-order valence-electron chi connectivity index (χ4n) is 3.13. The van der Waals surface area contributed by atoms with Crippen molar-refractivity contribution in [3.05, 3.63) is 51.4 Å². The maximum Gasteiger partial charge on any atom is 0.332 e. The van der Waals surface area contributed by atoms with Gasteiger partial charge in [0.15, 0.2) is 28.7 Å². The number of primary amides is 1. The molecule has 0 atom stereocenters. The van der Waals surface area contributed by atoms with Crippen LogP contribution in [-0.2, 0) is 0 Å². The van der Waals surface area contributed by atoms with Crippen LogP contribution >= 0.6 is 11.3 Å². The second kappa shape index (κ2) is 5.92. The number of rotatable bonds is 3. The van der Waals surface area contributed by atoms with Crippen molar-refractivity contribution in [1.82, 2.24) is 19.5 Å². The van der Waals surface area contributed by atoms with Crippen LogP contribution in [0.2, 0.25) is 0 Å². The minimum absolute atomic E-state index is 0.0376. The van der Waals surface area contributed by atoms with Crippen molar-refractivity contribution in [3.8, 4) is 27.9 Å². The largest absolute Gasteiger partial charge is 0.454 e. The van der Waals surface area contributed by atoms with Gasteiger partial charge in [-0.2, -0.15) is 0 Å². The lowest BCUT2D eigenvalue weighted by molar-refractivity contribution is 0.0997. The second-order valence-electron chi connectivity index (χ2n) is 6.19. The molecule has 3 aromatic heterocycles. The first-order valence-electron chi connectivity index (χ1n) is 8.30. The molecule has 1 amide bonds. The molecule has 0 bridgehead atoms. The first-order valence-corrected chi connectivity index (χ1v) is 9.18. The molecule has 0 aliphatic carbocycles. The van der Waals surface area contributed by atoms with E-state index in [9.17, 15) is 9.59 Å². The van der Waals surface area contributed by atoms with Crippen LogP contribution in [0, 0.1) is 6.92 Å². The number of ether oxygens (including phenoxy) is 2. The number of hydrogen-bond donors (Lipinski definition) is 2. The van der Waals surface area contributed by atoms with E-state index in [1.54, 1.807) is 18.2 Å². The third kappa shape index (κ3) is 2.38. The molecule has 10 heteroatoms. The Labute approximate surface area is 161 Å². The Morgan fingerprint density at radius 1 is 1.25 bits per heavy atom. The molecule has 140 valence electrons. The van der Waals surface area contributed by atoms with E-state index in [0.29, 0.717) is 23.0 Å². The number of aromatic amines is 1. The summed E-state index contributed by atoms with van der Waals surface area (Å²) < 4.78 is 12.1. The third-order valence-corrected chi connectivity index (χ3v) is 5.46. The molecule has 3 N–H and O–H groups in total. The van der Waals surface area contributed by atoms with Gasteiger partial charge in [0, 0.05) is 6.07 Å². The van der Waals surface area contributed by atoms with E-state index in [2.05, 4.69) is 15.0 Å². The molecule has 1 aromatic carbocycles. The van der Waals surface area contributed by atoms with Crippen LogP contribution in [0.3, 0.4) is 0 Å². The van der Waals surface area contributed by atoms with Gasteiger partial charge in [-0.1, -0.05) is 0 Å². The minimum Gasteiger partial charge on any atom is -0.454 e. The van der Waals surface area contributed by atoms with Gasteiger partial charge in [-0.25, -0.2) is 19.3 Å². The Bertz CT molecular complexity index is 1320. The fourth-order valence-corrected chi connectivity index (χ4v) is 3.99. The van der Waals surface area contributed by atoms with Crippen LogP contribution in [0.5, 0.6) is 11.5 Å². The number of thiophene rings is 1. The zero-order chi connectivity index (χ0) is 19.4. The Kier molecular flexibility index (Phi) is 3.49. The van der Waals surface area contributed by atoms with E-state index in [4.69, 9.17) is 15.2 Å². The van der Waals surface area contributed by atoms with E-state index < -0.39 is 11.6 Å². The molecule has 0 fully saturated rings. The van der Waals surface area contributed by atoms with Gasteiger partial charge < -0.3 is 20.2 Å². The number of H-pyrrole nitrogens is 1. The molecule has 0 spiro atoms. The summed E-state index contributed by atoms with van der Waals surface area (Å²) in [5.74, 6) is 0.709. The smallest absolute Gasteiger partial charge is 0.332 e. The first kappa shape index (κ1) is 16.5. The fraction of sp³-hybridized carbons (Fsp3) is 0.111. The van der Waals surface area contributed by atoms with E-state index in [1.165, 1.54) is 15.9 Å². The van der Waals surface area contributed by atoms with Crippen LogP contribution in [0.15, 0.2) is 34.4 Å². The van der Waals surface area contributed by atoms with Crippen LogP contribution in [0.1, 0.15) is 16.1 Å². The lowest BCUT2D eigenvalue weighted by Gasteiger charge is -2.07. The van der Waals surface area contributed by atoms with Crippen molar-refractivity contribution in [2.75, 3.05) is 6.79 Å². The molecule has 0 saturated carbocycles. The summed E-state index contributed by atoms with van der Waals surface area (Å²) in [5, 5.41) is 1.91. The van der Waals surface area contributed by atoms with Gasteiger partial charge >= 0.3 is 5.69 Å². The Balaban J connectivity index is 1.82. The van der Waals surface area contributed by atoms with E-state index in [-0.39, 0.29) is 23.7 Å². The summed E-state index contributed by atoms with van der Waals surface area (Å²) in [6, 6.07) is 7.03. The molecular formula is C18H13N5O4S. The topological polar surface area (TPSA) is 125 Å². The van der Waals surface area contributed by atoms with Crippen molar-refractivity contribution >= 4 is 28.4 Å². The van der Waals surface area contributed by atoms with Gasteiger partial charge in [0.25, 0.3) is 5.91 Å². The maximum absolute atomic E-state index is 12.7. The molecule has 28 heavy (non-hydrogen) atoms. The number of amides is 1. The molecule has 1 aliphatic rings.